The molecule has 1 saturated carbocycles. The van der Waals surface area contributed by atoms with Gasteiger partial charge in [-0.25, -0.2) is 9.59 Å². The Morgan fingerprint density at radius 2 is 1.74 bits per heavy atom. The number of esters is 2. The molecule has 34 heavy (non-hydrogen) atoms. The van der Waals surface area contributed by atoms with E-state index in [0.717, 1.165) is 29.3 Å². The zero-order chi connectivity index (χ0) is 24.8. The van der Waals surface area contributed by atoms with Gasteiger partial charge in [-0.05, 0) is 73.4 Å². The summed E-state index contributed by atoms with van der Waals surface area (Å²) in [7, 11) is 0. The van der Waals surface area contributed by atoms with Crippen LogP contribution in [0.2, 0.25) is 0 Å². The van der Waals surface area contributed by atoms with Gasteiger partial charge in [-0.3, -0.25) is 4.79 Å². The van der Waals surface area contributed by atoms with Crippen LogP contribution in [-0.4, -0.2) is 30.6 Å². The van der Waals surface area contributed by atoms with Gasteiger partial charge < -0.3 is 14.8 Å². The quantitative estimate of drug-likeness (QED) is 0.433. The molecule has 1 aliphatic carbocycles. The normalized spacial score (nSPS) is 20.0. The monoisotopic (exact) mass is 529 g/mol. The van der Waals surface area contributed by atoms with E-state index < -0.39 is 24.5 Å². The summed E-state index contributed by atoms with van der Waals surface area (Å²) in [4.78, 5) is 38.1. The second kappa shape index (κ2) is 11.6. The largest absolute Gasteiger partial charge is 0.458 e. The van der Waals surface area contributed by atoms with Crippen molar-refractivity contribution in [2.24, 2.45) is 17.8 Å². The van der Waals surface area contributed by atoms with Gasteiger partial charge in [0.1, 0.15) is 6.10 Å². The van der Waals surface area contributed by atoms with Crippen molar-refractivity contribution in [2.75, 3.05) is 11.9 Å². The second-order valence-corrected chi connectivity index (χ2v) is 10.3. The summed E-state index contributed by atoms with van der Waals surface area (Å²) in [6.07, 6.45) is 2.78. The molecule has 1 amide bonds. The van der Waals surface area contributed by atoms with Gasteiger partial charge in [0, 0.05) is 10.2 Å². The maximum Gasteiger partial charge on any atom is 0.339 e. The molecule has 1 aliphatic rings. The first-order valence-corrected chi connectivity index (χ1v) is 12.5. The Labute approximate surface area is 209 Å². The van der Waals surface area contributed by atoms with Gasteiger partial charge in [-0.15, -0.1) is 0 Å². The zero-order valence-corrected chi connectivity index (χ0v) is 21.7. The Hall–Kier alpha value is -2.67. The van der Waals surface area contributed by atoms with Crippen molar-refractivity contribution in [2.45, 2.75) is 53.1 Å². The van der Waals surface area contributed by atoms with Gasteiger partial charge in [0.05, 0.1) is 11.1 Å². The van der Waals surface area contributed by atoms with Crippen molar-refractivity contribution in [3.8, 4) is 0 Å². The van der Waals surface area contributed by atoms with Crippen LogP contribution in [-0.2, 0) is 14.3 Å². The lowest BCUT2D eigenvalue weighted by Crippen LogP contribution is -2.36. The fourth-order valence-electron chi connectivity index (χ4n) is 4.45. The molecular weight excluding hydrogens is 498 g/mol. The number of benzene rings is 2. The number of rotatable bonds is 7. The molecule has 0 unspecified atom stereocenters. The highest BCUT2D eigenvalue weighted by atomic mass is 79.9. The van der Waals surface area contributed by atoms with Crippen LogP contribution in [0.25, 0.3) is 0 Å². The third kappa shape index (κ3) is 6.69. The number of aryl methyl sites for hydroxylation is 1. The fraction of sp³-hybridized carbons (Fsp3) is 0.444. The lowest BCUT2D eigenvalue weighted by atomic mass is 9.75. The molecule has 182 valence electrons. The van der Waals surface area contributed by atoms with Crippen molar-refractivity contribution in [1.29, 1.82) is 0 Å². The van der Waals surface area contributed by atoms with E-state index >= 15 is 0 Å². The van der Waals surface area contributed by atoms with Crippen LogP contribution in [0.15, 0.2) is 46.9 Å². The van der Waals surface area contributed by atoms with E-state index in [-0.39, 0.29) is 17.2 Å². The second-order valence-electron chi connectivity index (χ2n) is 9.40. The average molecular weight is 530 g/mol. The smallest absolute Gasteiger partial charge is 0.339 e. The molecule has 0 aliphatic heterocycles. The number of nitrogens with one attached hydrogen (secondary N) is 1. The Bertz CT molecular complexity index is 1050. The molecule has 0 radical (unpaired) electrons. The van der Waals surface area contributed by atoms with E-state index in [1.165, 1.54) is 6.07 Å². The first kappa shape index (κ1) is 25.9. The Kier molecular flexibility index (Phi) is 8.89. The van der Waals surface area contributed by atoms with E-state index in [1.54, 1.807) is 24.3 Å². The third-order valence-corrected chi connectivity index (χ3v) is 6.88. The fourth-order valence-corrected chi connectivity index (χ4v) is 4.93. The van der Waals surface area contributed by atoms with E-state index in [9.17, 15) is 14.4 Å². The minimum absolute atomic E-state index is 0.0880. The van der Waals surface area contributed by atoms with Gasteiger partial charge in [0.15, 0.2) is 6.61 Å². The van der Waals surface area contributed by atoms with Gasteiger partial charge in [-0.2, -0.15) is 0 Å². The van der Waals surface area contributed by atoms with Crippen molar-refractivity contribution < 1.29 is 23.9 Å². The SMILES string of the molecule is Cc1cc(Br)ccc1NC(=O)COC(=O)c1ccccc1C(=O)O[C@@H]1C[C@@H](C)CC[C@@H]1C(C)C. The molecule has 1 fully saturated rings. The topological polar surface area (TPSA) is 81.7 Å². The van der Waals surface area contributed by atoms with Crippen LogP contribution in [0.3, 0.4) is 0 Å². The lowest BCUT2D eigenvalue weighted by Gasteiger charge is -2.36. The Balaban J connectivity index is 1.65. The molecule has 2 aromatic carbocycles. The molecule has 3 atom stereocenters. The van der Waals surface area contributed by atoms with Crippen molar-refractivity contribution in [3.05, 3.63) is 63.6 Å². The summed E-state index contributed by atoms with van der Waals surface area (Å²) in [5.74, 6) is -0.556. The Morgan fingerprint density at radius 1 is 1.06 bits per heavy atom. The number of ether oxygens (including phenoxy) is 2. The molecule has 7 heteroatoms. The number of amides is 1. The molecule has 0 heterocycles. The predicted molar refractivity (Wildman–Crippen MR) is 135 cm³/mol. The van der Waals surface area contributed by atoms with Crippen LogP contribution < -0.4 is 5.32 Å². The van der Waals surface area contributed by atoms with Crippen LogP contribution in [0.1, 0.15) is 66.3 Å². The lowest BCUT2D eigenvalue weighted by molar-refractivity contribution is -0.119. The molecule has 0 saturated heterocycles. The number of carbonyl (C=O) groups excluding carboxylic acids is 3. The van der Waals surface area contributed by atoms with Crippen LogP contribution >= 0.6 is 15.9 Å². The summed E-state index contributed by atoms with van der Waals surface area (Å²) in [5, 5.41) is 2.73. The van der Waals surface area contributed by atoms with Crippen molar-refractivity contribution in [1.82, 2.24) is 0 Å². The van der Waals surface area contributed by atoms with Crippen molar-refractivity contribution >= 4 is 39.5 Å². The molecule has 2 aromatic rings. The number of hydrogen-bond donors (Lipinski definition) is 1. The summed E-state index contributed by atoms with van der Waals surface area (Å²) in [5.41, 5.74) is 1.75. The standard InChI is InChI=1S/C27H32BrNO5/c1-16(2)20-11-9-17(3)13-24(20)34-27(32)22-8-6-5-7-21(22)26(31)33-15-25(30)29-23-12-10-19(28)14-18(23)4/h5-8,10,12,14,16-17,20,24H,9,11,13,15H2,1-4H3,(H,29,30)/t17-,20+,24+/m0/s1. The summed E-state index contributed by atoms with van der Waals surface area (Å²) < 4.78 is 12.0. The molecule has 0 spiro atoms. The maximum absolute atomic E-state index is 13.0. The van der Waals surface area contributed by atoms with E-state index in [4.69, 9.17) is 9.47 Å². The highest BCUT2D eigenvalue weighted by Gasteiger charge is 2.34. The number of halogens is 1. The van der Waals surface area contributed by atoms with Crippen LogP contribution in [0.5, 0.6) is 0 Å². The number of carbonyl (C=O) groups is 3. The summed E-state index contributed by atoms with van der Waals surface area (Å²) in [6, 6.07) is 11.9. The molecule has 0 aromatic heterocycles. The van der Waals surface area contributed by atoms with Gasteiger partial charge in [0.25, 0.3) is 5.91 Å². The first-order chi connectivity index (χ1) is 16.2. The first-order valence-electron chi connectivity index (χ1n) is 11.7. The minimum Gasteiger partial charge on any atom is -0.458 e. The predicted octanol–water partition coefficient (Wildman–Crippen LogP) is 6.17. The Morgan fingerprint density at radius 3 is 2.38 bits per heavy atom. The highest BCUT2D eigenvalue weighted by Crippen LogP contribution is 2.36. The summed E-state index contributed by atoms with van der Waals surface area (Å²) >= 11 is 3.38. The number of hydrogen-bond acceptors (Lipinski definition) is 5. The van der Waals surface area contributed by atoms with Crippen LogP contribution in [0, 0.1) is 24.7 Å². The number of anilines is 1. The molecule has 0 bridgehead atoms. The molecular formula is C27H32BrNO5. The highest BCUT2D eigenvalue weighted by molar-refractivity contribution is 9.10. The zero-order valence-electron chi connectivity index (χ0n) is 20.1. The van der Waals surface area contributed by atoms with Gasteiger partial charge in [-0.1, -0.05) is 55.3 Å². The van der Waals surface area contributed by atoms with Gasteiger partial charge >= 0.3 is 11.9 Å². The van der Waals surface area contributed by atoms with Crippen LogP contribution in [0.4, 0.5) is 5.69 Å². The third-order valence-electron chi connectivity index (χ3n) is 6.38. The molecule has 1 N–H and O–H groups in total. The average Bonchev–Trinajstić information content (AvgIpc) is 2.79. The minimum atomic E-state index is -0.743. The van der Waals surface area contributed by atoms with E-state index in [2.05, 4.69) is 42.0 Å². The van der Waals surface area contributed by atoms with Crippen molar-refractivity contribution in [3.63, 3.8) is 0 Å². The summed E-state index contributed by atoms with van der Waals surface area (Å²) in [6.45, 7) is 7.86. The van der Waals surface area contributed by atoms with Gasteiger partial charge in [0.2, 0.25) is 0 Å². The van der Waals surface area contributed by atoms with E-state index in [0.29, 0.717) is 23.4 Å². The molecule has 3 rings (SSSR count). The maximum atomic E-state index is 13.0. The molecule has 6 nitrogen and oxygen atoms in total. The van der Waals surface area contributed by atoms with E-state index in [1.807, 2.05) is 19.1 Å².